The van der Waals surface area contributed by atoms with Crippen molar-refractivity contribution in [2.45, 2.75) is 13.5 Å². The van der Waals surface area contributed by atoms with Crippen molar-refractivity contribution < 1.29 is 9.26 Å². The zero-order chi connectivity index (χ0) is 13.4. The molecule has 0 saturated carbocycles. The number of aromatic amines is 1. The molecule has 6 nitrogen and oxygen atoms in total. The third kappa shape index (κ3) is 2.12. The van der Waals surface area contributed by atoms with Crippen LogP contribution in [0.4, 0.5) is 0 Å². The summed E-state index contributed by atoms with van der Waals surface area (Å²) in [5.74, 6) is 1.93. The summed E-state index contributed by atoms with van der Waals surface area (Å²) in [6.45, 7) is 2.23. The Labute approximate surface area is 114 Å². The molecule has 3 rings (SSSR count). The van der Waals surface area contributed by atoms with Crippen LogP contribution in [0, 0.1) is 11.7 Å². The highest BCUT2D eigenvalue weighted by atomic mass is 32.1. The zero-order valence-corrected chi connectivity index (χ0v) is 11.3. The topological polar surface area (TPSA) is 68.9 Å². The molecule has 3 aromatic rings. The normalized spacial score (nSPS) is 11.1. The van der Waals surface area contributed by atoms with Gasteiger partial charge in [0.2, 0.25) is 5.89 Å². The average molecular weight is 276 g/mol. The van der Waals surface area contributed by atoms with Gasteiger partial charge in [0.15, 0.2) is 10.6 Å². The number of nitrogens with zero attached hydrogens (tertiary/aromatic N) is 3. The lowest BCUT2D eigenvalue weighted by atomic mass is 10.3. The molecule has 1 N–H and O–H groups in total. The van der Waals surface area contributed by atoms with Crippen LogP contribution >= 0.6 is 12.2 Å². The standard InChI is InChI=1S/C12H12N4O2S/c1-7-13-11(18-15-7)6-16-10-4-3-8(17-2)5-9(10)14-12(16)19/h3-5H,6H2,1-2H3,(H,14,19). The van der Waals surface area contributed by atoms with Crippen molar-refractivity contribution in [3.05, 3.63) is 34.7 Å². The first kappa shape index (κ1) is 11.9. The molecule has 0 saturated heterocycles. The highest BCUT2D eigenvalue weighted by Crippen LogP contribution is 2.21. The van der Waals surface area contributed by atoms with Crippen molar-refractivity contribution >= 4 is 23.3 Å². The van der Waals surface area contributed by atoms with E-state index >= 15 is 0 Å². The molecular formula is C12H12N4O2S. The molecule has 7 heteroatoms. The van der Waals surface area contributed by atoms with E-state index in [0.29, 0.717) is 23.0 Å². The summed E-state index contributed by atoms with van der Waals surface area (Å²) in [6.07, 6.45) is 0. The lowest BCUT2D eigenvalue weighted by Crippen LogP contribution is -2.00. The molecular weight excluding hydrogens is 264 g/mol. The minimum atomic E-state index is 0.450. The van der Waals surface area contributed by atoms with E-state index in [-0.39, 0.29) is 0 Å². The number of hydrogen-bond acceptors (Lipinski definition) is 5. The van der Waals surface area contributed by atoms with Crippen molar-refractivity contribution in [1.82, 2.24) is 19.7 Å². The number of nitrogens with one attached hydrogen (secondary N) is 1. The number of hydrogen-bond donors (Lipinski definition) is 1. The number of fused-ring (bicyclic) bond motifs is 1. The molecule has 0 bridgehead atoms. The SMILES string of the molecule is COc1ccc2c(c1)[nH]c(=S)n2Cc1nc(C)no1. The molecule has 0 atom stereocenters. The fourth-order valence-electron chi connectivity index (χ4n) is 1.97. The largest absolute Gasteiger partial charge is 0.497 e. The molecule has 0 unspecified atom stereocenters. The highest BCUT2D eigenvalue weighted by Gasteiger charge is 2.09. The Kier molecular flexibility index (Phi) is 2.83. The number of aromatic nitrogens is 4. The third-order valence-electron chi connectivity index (χ3n) is 2.84. The first-order valence-electron chi connectivity index (χ1n) is 5.73. The van der Waals surface area contributed by atoms with Crippen LogP contribution in [0.3, 0.4) is 0 Å². The molecule has 2 heterocycles. The summed E-state index contributed by atoms with van der Waals surface area (Å²) in [4.78, 5) is 7.32. The van der Waals surface area contributed by atoms with Crippen LogP contribution in [-0.2, 0) is 6.54 Å². The van der Waals surface area contributed by atoms with Crippen LogP contribution in [0.1, 0.15) is 11.7 Å². The minimum Gasteiger partial charge on any atom is -0.497 e. The van der Waals surface area contributed by atoms with Crippen LogP contribution in [0.5, 0.6) is 5.75 Å². The number of ether oxygens (including phenoxy) is 1. The third-order valence-corrected chi connectivity index (χ3v) is 3.17. The maximum absolute atomic E-state index is 5.32. The fraction of sp³-hybridized carbons (Fsp3) is 0.250. The Morgan fingerprint density at radius 3 is 3.00 bits per heavy atom. The van der Waals surface area contributed by atoms with Gasteiger partial charge >= 0.3 is 0 Å². The molecule has 0 spiro atoms. The summed E-state index contributed by atoms with van der Waals surface area (Å²) in [7, 11) is 1.63. The quantitative estimate of drug-likeness (QED) is 0.744. The smallest absolute Gasteiger partial charge is 0.246 e. The van der Waals surface area contributed by atoms with Gasteiger partial charge in [0.1, 0.15) is 12.3 Å². The number of H-pyrrole nitrogens is 1. The Balaban J connectivity index is 2.08. The molecule has 19 heavy (non-hydrogen) atoms. The predicted molar refractivity (Wildman–Crippen MR) is 71.8 cm³/mol. The second-order valence-electron chi connectivity index (χ2n) is 4.13. The molecule has 0 fully saturated rings. The van der Waals surface area contributed by atoms with Crippen molar-refractivity contribution in [2.75, 3.05) is 7.11 Å². The molecule has 2 aromatic heterocycles. The van der Waals surface area contributed by atoms with Gasteiger partial charge in [0.05, 0.1) is 18.1 Å². The van der Waals surface area contributed by atoms with Crippen molar-refractivity contribution in [3.8, 4) is 5.75 Å². The van der Waals surface area contributed by atoms with Gasteiger partial charge in [0, 0.05) is 6.07 Å². The molecule has 98 valence electrons. The van der Waals surface area contributed by atoms with Crippen LogP contribution in [0.25, 0.3) is 11.0 Å². The number of methoxy groups -OCH3 is 1. The second-order valence-corrected chi connectivity index (χ2v) is 4.52. The van der Waals surface area contributed by atoms with E-state index in [1.54, 1.807) is 14.0 Å². The number of imidazole rings is 1. The van der Waals surface area contributed by atoms with Crippen LogP contribution in [-0.4, -0.2) is 26.8 Å². The van der Waals surface area contributed by atoms with Crippen molar-refractivity contribution in [1.29, 1.82) is 0 Å². The van der Waals surface area contributed by atoms with Gasteiger partial charge in [-0.05, 0) is 31.3 Å². The molecule has 0 aliphatic heterocycles. The lowest BCUT2D eigenvalue weighted by molar-refractivity contribution is 0.368. The molecule has 0 amide bonds. The van der Waals surface area contributed by atoms with Crippen molar-refractivity contribution in [3.63, 3.8) is 0 Å². The number of benzene rings is 1. The van der Waals surface area contributed by atoms with Gasteiger partial charge in [-0.1, -0.05) is 5.16 Å². The highest BCUT2D eigenvalue weighted by molar-refractivity contribution is 7.71. The van der Waals surface area contributed by atoms with E-state index in [1.165, 1.54) is 0 Å². The fourth-order valence-corrected chi connectivity index (χ4v) is 2.24. The van der Waals surface area contributed by atoms with E-state index in [0.717, 1.165) is 16.8 Å². The summed E-state index contributed by atoms with van der Waals surface area (Å²) < 4.78 is 12.8. The Morgan fingerprint density at radius 1 is 1.47 bits per heavy atom. The Morgan fingerprint density at radius 2 is 2.32 bits per heavy atom. The van der Waals surface area contributed by atoms with Gasteiger partial charge in [-0.2, -0.15) is 4.98 Å². The Hall–Kier alpha value is -2.15. The minimum absolute atomic E-state index is 0.450. The number of aryl methyl sites for hydroxylation is 1. The van der Waals surface area contributed by atoms with Gasteiger partial charge in [-0.15, -0.1) is 0 Å². The molecule has 0 radical (unpaired) electrons. The van der Waals surface area contributed by atoms with Crippen LogP contribution in [0.15, 0.2) is 22.7 Å². The van der Waals surface area contributed by atoms with Gasteiger partial charge < -0.3 is 18.8 Å². The number of rotatable bonds is 3. The summed E-state index contributed by atoms with van der Waals surface area (Å²) >= 11 is 5.32. The van der Waals surface area contributed by atoms with Crippen LogP contribution in [0.2, 0.25) is 0 Å². The van der Waals surface area contributed by atoms with Crippen LogP contribution < -0.4 is 4.74 Å². The summed E-state index contributed by atoms with van der Waals surface area (Å²) in [5.41, 5.74) is 1.89. The van der Waals surface area contributed by atoms with Gasteiger partial charge in [-0.3, -0.25) is 0 Å². The monoisotopic (exact) mass is 276 g/mol. The van der Waals surface area contributed by atoms with Crippen molar-refractivity contribution in [2.24, 2.45) is 0 Å². The summed E-state index contributed by atoms with van der Waals surface area (Å²) in [6, 6.07) is 5.74. The van der Waals surface area contributed by atoms with Gasteiger partial charge in [-0.25, -0.2) is 0 Å². The summed E-state index contributed by atoms with van der Waals surface area (Å²) in [5, 5.41) is 3.77. The van der Waals surface area contributed by atoms with E-state index in [9.17, 15) is 0 Å². The van der Waals surface area contributed by atoms with Gasteiger partial charge in [0.25, 0.3) is 0 Å². The predicted octanol–water partition coefficient (Wildman–Crippen LogP) is 2.45. The lowest BCUT2D eigenvalue weighted by Gasteiger charge is -2.02. The average Bonchev–Trinajstić information content (AvgIpc) is 2.94. The van der Waals surface area contributed by atoms with E-state index < -0.39 is 0 Å². The van der Waals surface area contributed by atoms with E-state index in [4.69, 9.17) is 21.5 Å². The van der Waals surface area contributed by atoms with E-state index in [1.807, 2.05) is 22.8 Å². The molecule has 0 aliphatic carbocycles. The Bertz CT molecular complexity index is 786. The van der Waals surface area contributed by atoms with E-state index in [2.05, 4.69) is 15.1 Å². The maximum Gasteiger partial charge on any atom is 0.246 e. The first-order valence-corrected chi connectivity index (χ1v) is 6.14. The molecule has 0 aliphatic rings. The zero-order valence-electron chi connectivity index (χ0n) is 10.5. The second kappa shape index (κ2) is 4.51. The maximum atomic E-state index is 5.32. The molecule has 1 aromatic carbocycles. The first-order chi connectivity index (χ1) is 9.17.